The number of thioether (sulfide) groups is 1. The Morgan fingerprint density at radius 3 is 2.72 bits per heavy atom. The molecule has 29 heavy (non-hydrogen) atoms. The molecule has 0 aliphatic heterocycles. The average Bonchev–Trinajstić information content (AvgIpc) is 3.21. The Labute approximate surface area is 171 Å². The van der Waals surface area contributed by atoms with Crippen LogP contribution in [0.4, 0.5) is 11.6 Å². The van der Waals surface area contributed by atoms with E-state index in [0.717, 1.165) is 22.0 Å². The number of hydrazone groups is 1. The summed E-state index contributed by atoms with van der Waals surface area (Å²) in [6.07, 6.45) is 1.69. The van der Waals surface area contributed by atoms with Crippen LogP contribution in [0.25, 0.3) is 10.8 Å². The maximum absolute atomic E-state index is 12.3. The van der Waals surface area contributed by atoms with Gasteiger partial charge in [-0.1, -0.05) is 78.5 Å². The number of hydrogen-bond donors (Lipinski definition) is 3. The maximum atomic E-state index is 12.3. The van der Waals surface area contributed by atoms with Crippen molar-refractivity contribution in [2.75, 3.05) is 16.5 Å². The Morgan fingerprint density at radius 1 is 1.03 bits per heavy atom. The second kappa shape index (κ2) is 9.03. The molecule has 7 nitrogen and oxygen atoms in total. The van der Waals surface area contributed by atoms with Crippen LogP contribution < -0.4 is 10.7 Å². The Morgan fingerprint density at radius 2 is 1.83 bits per heavy atom. The number of H-pyrrole nitrogens is 1. The van der Waals surface area contributed by atoms with Crippen molar-refractivity contribution in [1.82, 2.24) is 15.2 Å². The number of carbonyl (C=O) groups excluding carboxylic acids is 1. The number of aromatic nitrogens is 3. The first-order valence-electron chi connectivity index (χ1n) is 8.95. The van der Waals surface area contributed by atoms with E-state index < -0.39 is 0 Å². The van der Waals surface area contributed by atoms with E-state index in [9.17, 15) is 4.79 Å². The third kappa shape index (κ3) is 4.99. The van der Waals surface area contributed by atoms with Crippen molar-refractivity contribution in [2.45, 2.75) is 5.16 Å². The summed E-state index contributed by atoms with van der Waals surface area (Å²) in [6, 6.07) is 23.5. The number of carbonyl (C=O) groups is 1. The summed E-state index contributed by atoms with van der Waals surface area (Å²) in [4.78, 5) is 16.6. The van der Waals surface area contributed by atoms with Gasteiger partial charge in [0.05, 0.1) is 12.0 Å². The minimum atomic E-state index is -0.118. The lowest BCUT2D eigenvalue weighted by atomic mass is 10.1. The third-order valence-electron chi connectivity index (χ3n) is 4.04. The fourth-order valence-electron chi connectivity index (χ4n) is 2.72. The quantitative estimate of drug-likeness (QED) is 0.245. The second-order valence-electron chi connectivity index (χ2n) is 6.11. The van der Waals surface area contributed by atoms with Crippen LogP contribution in [-0.4, -0.2) is 33.1 Å². The average molecular weight is 402 g/mol. The van der Waals surface area contributed by atoms with Gasteiger partial charge >= 0.3 is 0 Å². The zero-order chi connectivity index (χ0) is 19.9. The molecular formula is C21H18N6OS. The van der Waals surface area contributed by atoms with Gasteiger partial charge in [-0.25, -0.2) is 10.5 Å². The van der Waals surface area contributed by atoms with Gasteiger partial charge in [0.15, 0.2) is 0 Å². The fraction of sp³-hybridized carbons (Fsp3) is 0.0476. The van der Waals surface area contributed by atoms with E-state index in [4.69, 9.17) is 0 Å². The Bertz CT molecular complexity index is 1140. The van der Waals surface area contributed by atoms with Crippen molar-refractivity contribution in [3.8, 4) is 0 Å². The maximum Gasteiger partial charge on any atom is 0.240 e. The fourth-order valence-corrected chi connectivity index (χ4v) is 3.32. The number of benzene rings is 3. The second-order valence-corrected chi connectivity index (χ2v) is 7.05. The molecule has 0 bridgehead atoms. The van der Waals surface area contributed by atoms with E-state index in [1.54, 1.807) is 6.21 Å². The highest BCUT2D eigenvalue weighted by atomic mass is 32.2. The van der Waals surface area contributed by atoms with E-state index >= 15 is 0 Å². The van der Waals surface area contributed by atoms with Gasteiger partial charge < -0.3 is 5.32 Å². The predicted molar refractivity (Wildman–Crippen MR) is 117 cm³/mol. The molecule has 1 aromatic heterocycles. The molecule has 0 aliphatic rings. The molecule has 0 saturated heterocycles. The molecule has 0 aliphatic carbocycles. The number of nitrogens with one attached hydrogen (secondary N) is 3. The summed E-state index contributed by atoms with van der Waals surface area (Å²) < 4.78 is 0. The molecule has 0 spiro atoms. The monoisotopic (exact) mass is 402 g/mol. The zero-order valence-electron chi connectivity index (χ0n) is 15.4. The van der Waals surface area contributed by atoms with Crippen LogP contribution in [0, 0.1) is 0 Å². The predicted octanol–water partition coefficient (Wildman–Crippen LogP) is 4.13. The Balaban J connectivity index is 1.30. The molecular weight excluding hydrogens is 384 g/mol. The van der Waals surface area contributed by atoms with Gasteiger partial charge in [0.1, 0.15) is 0 Å². The van der Waals surface area contributed by atoms with Crippen LogP contribution in [-0.2, 0) is 4.79 Å². The van der Waals surface area contributed by atoms with Crippen LogP contribution in [0.15, 0.2) is 83.1 Å². The molecule has 1 amide bonds. The number of anilines is 2. The molecule has 4 aromatic rings. The van der Waals surface area contributed by atoms with Crippen LogP contribution in [0.5, 0.6) is 0 Å². The highest BCUT2D eigenvalue weighted by Crippen LogP contribution is 2.23. The smallest absolute Gasteiger partial charge is 0.240 e. The van der Waals surface area contributed by atoms with Crippen molar-refractivity contribution in [2.24, 2.45) is 5.10 Å². The molecule has 0 radical (unpaired) electrons. The molecule has 1 heterocycles. The summed E-state index contributed by atoms with van der Waals surface area (Å²) >= 11 is 1.25. The number of fused-ring (bicyclic) bond motifs is 1. The number of amides is 1. The van der Waals surface area contributed by atoms with Gasteiger partial charge in [0.2, 0.25) is 17.0 Å². The van der Waals surface area contributed by atoms with Crippen molar-refractivity contribution in [1.29, 1.82) is 0 Å². The first kappa shape index (κ1) is 18.7. The van der Waals surface area contributed by atoms with E-state index in [0.29, 0.717) is 11.1 Å². The topological polar surface area (TPSA) is 95.1 Å². The molecule has 3 aromatic carbocycles. The van der Waals surface area contributed by atoms with Gasteiger partial charge in [0, 0.05) is 11.1 Å². The molecule has 0 fully saturated rings. The standard InChI is InChI=1S/C21H18N6OS/c28-19(23-18-12-6-10-16-9-4-5-11-17(16)18)14-29-21-24-20(26-27-21)25-22-13-15-7-2-1-3-8-15/h1-13H,14H2,(H,23,28)(H2,24,25,26,27)/b22-13-. The van der Waals surface area contributed by atoms with Crippen LogP contribution in [0.1, 0.15) is 5.56 Å². The van der Waals surface area contributed by atoms with E-state index in [2.05, 4.69) is 31.0 Å². The van der Waals surface area contributed by atoms with Crippen LogP contribution in [0.3, 0.4) is 0 Å². The summed E-state index contributed by atoms with van der Waals surface area (Å²) in [5.74, 6) is 0.496. The van der Waals surface area contributed by atoms with Crippen molar-refractivity contribution >= 4 is 46.3 Å². The normalized spacial score (nSPS) is 11.0. The first-order chi connectivity index (χ1) is 14.3. The summed E-state index contributed by atoms with van der Waals surface area (Å²) in [5, 5.41) is 16.4. The zero-order valence-corrected chi connectivity index (χ0v) is 16.2. The van der Waals surface area contributed by atoms with E-state index in [1.807, 2.05) is 72.8 Å². The van der Waals surface area contributed by atoms with Crippen LogP contribution in [0.2, 0.25) is 0 Å². The molecule has 8 heteroatoms. The highest BCUT2D eigenvalue weighted by molar-refractivity contribution is 7.99. The van der Waals surface area contributed by atoms with E-state index in [1.165, 1.54) is 11.8 Å². The lowest BCUT2D eigenvalue weighted by molar-refractivity contribution is -0.113. The lowest BCUT2D eigenvalue weighted by Gasteiger charge is -2.07. The Hall–Kier alpha value is -3.65. The molecule has 4 rings (SSSR count). The first-order valence-corrected chi connectivity index (χ1v) is 9.93. The van der Waals surface area contributed by atoms with Crippen molar-refractivity contribution < 1.29 is 4.79 Å². The van der Waals surface area contributed by atoms with Gasteiger partial charge in [0.25, 0.3) is 0 Å². The third-order valence-corrected chi connectivity index (χ3v) is 4.89. The van der Waals surface area contributed by atoms with E-state index in [-0.39, 0.29) is 11.7 Å². The highest BCUT2D eigenvalue weighted by Gasteiger charge is 2.09. The SMILES string of the molecule is O=C(CSc1n[nH]c(N/N=C\c2ccccc2)n1)Nc1cccc2ccccc12. The summed E-state index contributed by atoms with van der Waals surface area (Å²) in [6.45, 7) is 0. The molecule has 144 valence electrons. The lowest BCUT2D eigenvalue weighted by Crippen LogP contribution is -2.14. The minimum absolute atomic E-state index is 0.118. The molecule has 3 N–H and O–H groups in total. The number of aromatic amines is 1. The van der Waals surface area contributed by atoms with Gasteiger partial charge in [-0.2, -0.15) is 10.1 Å². The number of hydrogen-bond acceptors (Lipinski definition) is 6. The largest absolute Gasteiger partial charge is 0.325 e. The Kier molecular flexibility index (Phi) is 5.82. The molecule has 0 unspecified atom stereocenters. The van der Waals surface area contributed by atoms with Crippen molar-refractivity contribution in [3.05, 3.63) is 78.4 Å². The number of nitrogens with zero attached hydrogens (tertiary/aromatic N) is 3. The van der Waals surface area contributed by atoms with Crippen molar-refractivity contribution in [3.63, 3.8) is 0 Å². The van der Waals surface area contributed by atoms with Gasteiger partial charge in [-0.15, -0.1) is 5.10 Å². The summed E-state index contributed by atoms with van der Waals surface area (Å²) in [7, 11) is 0. The van der Waals surface area contributed by atoms with Gasteiger partial charge in [-0.05, 0) is 17.0 Å². The van der Waals surface area contributed by atoms with Crippen LogP contribution >= 0.6 is 11.8 Å². The molecule has 0 atom stereocenters. The summed E-state index contributed by atoms with van der Waals surface area (Å²) in [5.41, 5.74) is 4.55. The van der Waals surface area contributed by atoms with Gasteiger partial charge in [-0.3, -0.25) is 4.79 Å². The number of rotatable bonds is 7. The minimum Gasteiger partial charge on any atom is -0.325 e. The molecule has 0 saturated carbocycles.